The predicted octanol–water partition coefficient (Wildman–Crippen LogP) is 8.56. The molecule has 0 saturated carbocycles. The average molecular weight is 1230 g/mol. The van der Waals surface area contributed by atoms with Crippen molar-refractivity contribution in [2.45, 2.75) is 134 Å². The van der Waals surface area contributed by atoms with Gasteiger partial charge in [0.25, 0.3) is 0 Å². The molecule has 0 fully saturated rings. The maximum atomic E-state index is 7.85. The maximum absolute atomic E-state index is 7.85. The van der Waals surface area contributed by atoms with Gasteiger partial charge in [-0.3, -0.25) is 15.4 Å². The van der Waals surface area contributed by atoms with Gasteiger partial charge in [-0.05, 0) is 49.1 Å². The molecule has 0 amide bonds. The molecule has 3 aromatic rings. The summed E-state index contributed by atoms with van der Waals surface area (Å²) in [6.45, 7) is 17.4. The van der Waals surface area contributed by atoms with Crippen molar-refractivity contribution in [2.24, 2.45) is 9.98 Å². The number of nitrogens with zero attached hydrogens (tertiary/aromatic N) is 3. The Hall–Kier alpha value is -3.47. The summed E-state index contributed by atoms with van der Waals surface area (Å²) < 4.78 is 4.54. The Morgan fingerprint density at radius 1 is 0.738 bits per heavy atom. The quantitative estimate of drug-likeness (QED) is 0.0522. The molecule has 65 heavy (non-hydrogen) atoms. The molecular formula is C52H77B3N5NaO2W2. The Balaban J connectivity index is -0.0000000709. The Bertz CT molecular complexity index is 1850. The molecule has 2 aliphatic heterocycles. The van der Waals surface area contributed by atoms with Gasteiger partial charge in [-0.1, -0.05) is 123 Å². The number of anilines is 1. The number of terminal acetylenes is 3. The number of nitriles is 1. The predicted molar refractivity (Wildman–Crippen MR) is 281 cm³/mol. The number of aliphatic hydroxyl groups excluding tert-OH is 1. The smallest absolute Gasteiger partial charge is 1.00 e. The Morgan fingerprint density at radius 2 is 1.14 bits per heavy atom. The molecule has 5 rings (SSSR count). The van der Waals surface area contributed by atoms with Crippen molar-refractivity contribution in [1.82, 2.24) is 0 Å². The maximum Gasteiger partial charge on any atom is 1.00 e. The van der Waals surface area contributed by atoms with Gasteiger partial charge >= 0.3 is 29.6 Å². The van der Waals surface area contributed by atoms with Crippen LogP contribution in [-0.4, -0.2) is 58.6 Å². The van der Waals surface area contributed by atoms with Crippen molar-refractivity contribution in [3.8, 4) is 54.9 Å². The summed E-state index contributed by atoms with van der Waals surface area (Å²) in [5.74, 6) is 13.6. The van der Waals surface area contributed by atoms with E-state index in [4.69, 9.17) is 56.3 Å². The number of aliphatic imine (C=N–C) groups is 2. The third-order valence-corrected chi connectivity index (χ3v) is 7.08. The molecule has 0 unspecified atom stereocenters. The Kier molecular flexibility index (Phi) is 81.5. The third-order valence-electron chi connectivity index (χ3n) is 7.08. The van der Waals surface area contributed by atoms with Gasteiger partial charge in [0, 0.05) is 133 Å². The van der Waals surface area contributed by atoms with Gasteiger partial charge in [0.05, 0.1) is 31.0 Å². The summed E-state index contributed by atoms with van der Waals surface area (Å²) in [6.07, 6.45) is 22.8. The van der Waals surface area contributed by atoms with Crippen LogP contribution in [-0.2, 0) is 59.7 Å². The van der Waals surface area contributed by atoms with Crippen LogP contribution in [0.3, 0.4) is 0 Å². The number of hydrogen-bond donors (Lipinski definition) is 3. The monoisotopic (exact) mass is 1230 g/mol. The molecule has 0 aliphatic carbocycles. The second-order valence-corrected chi connectivity index (χ2v) is 10.9. The van der Waals surface area contributed by atoms with Gasteiger partial charge in [-0.25, -0.2) is 0 Å². The zero-order chi connectivity index (χ0) is 47.7. The molecule has 0 atom stereocenters. The van der Waals surface area contributed by atoms with E-state index in [-0.39, 0.29) is 86.4 Å². The molecule has 344 valence electrons. The van der Waals surface area contributed by atoms with E-state index in [9.17, 15) is 0 Å². The van der Waals surface area contributed by atoms with E-state index in [0.29, 0.717) is 31.4 Å². The van der Waals surface area contributed by atoms with Gasteiger partial charge in [0.1, 0.15) is 0 Å². The molecule has 7 nitrogen and oxygen atoms in total. The number of hydrogen-bond acceptors (Lipinski definition) is 7. The zero-order valence-corrected chi connectivity index (χ0v) is 48.9. The van der Waals surface area contributed by atoms with E-state index in [1.165, 1.54) is 29.7 Å². The van der Waals surface area contributed by atoms with Crippen LogP contribution in [0.25, 0.3) is 0 Å². The number of benzene rings is 3. The molecule has 0 aromatic heterocycles. The van der Waals surface area contributed by atoms with Crippen molar-refractivity contribution in [2.75, 3.05) is 20.0 Å². The number of nitrogens with one attached hydrogen (secondary N) is 1. The summed E-state index contributed by atoms with van der Waals surface area (Å²) in [4.78, 5) is 9.08. The van der Waals surface area contributed by atoms with E-state index in [1.807, 2.05) is 98.7 Å². The number of unbranched alkanes of at least 4 members (excludes halogenated alkanes) is 1. The molecule has 4 radical (unpaired) electrons. The molecule has 2 heterocycles. The number of aliphatic hydroxyl groups is 1. The number of ether oxygens (including phenoxy) is 1. The minimum Gasteiger partial charge on any atom is -1.00 e. The van der Waals surface area contributed by atoms with Gasteiger partial charge in [0.15, 0.2) is 5.90 Å². The standard InChI is InChI=1S/C13H13N.C12H11N.C6H6B3N.C6H9NO.C5H5N.4C2H6.CH4O.CH4.Na.2W.H/c1-2-3-4-8-12-10-11-7-5-6-9-13(11)14-12;1-2-3-7-11-9-10-6-4-5-8-12(10)13-11;7-9(8)5-3-1-2-4-6(5)10;1-3-4-5-6(7)8-2;1-2-3-4-5-6;5*1-2;;;;;/h5-7,9H,4,8,10H2,1H3;1,4-6,8H,3,7,9H2;1-4H,10H2;1,7H,4-5H2,2H3;1H,3-4H2;4*1-2H3;2H,1H3;1H4;;;;/q;;;;;;;;;;;+1;;;-1. The van der Waals surface area contributed by atoms with Crippen molar-refractivity contribution < 1.29 is 83.0 Å². The zero-order valence-electron chi connectivity index (χ0n) is 42.1. The number of para-hydroxylation sites is 3. The normalized spacial score (nSPS) is 8.74. The van der Waals surface area contributed by atoms with E-state index >= 15 is 0 Å². The van der Waals surface area contributed by atoms with Crippen LogP contribution in [0.2, 0.25) is 0 Å². The number of methoxy groups -OCH3 is 1. The fourth-order valence-corrected chi connectivity index (χ4v) is 4.47. The third kappa shape index (κ3) is 45.5. The average Bonchev–Trinajstić information content (AvgIpc) is 3.95. The van der Waals surface area contributed by atoms with Crippen molar-refractivity contribution in [3.05, 3.63) is 83.9 Å². The SMILES string of the molecule is C.C#CCCC#N.C#CCCC(=N)OC.C#CCCC1=Nc2ccccc2C1.CC.CC.CC.CC.CC#CCCC1=Nc2ccccc2C1.CO.[B]B([B])c1ccccc1N.[H-].[Na+].[W].[W]. The largest absolute Gasteiger partial charge is 1.00 e. The second kappa shape index (κ2) is 64.8. The van der Waals surface area contributed by atoms with Crippen molar-refractivity contribution >= 4 is 61.8 Å². The Morgan fingerprint density at radius 3 is 1.46 bits per heavy atom. The number of rotatable bonds is 8. The molecule has 4 N–H and O–H groups in total. The topological polar surface area (TPSA) is 128 Å². The molecule has 13 heteroatoms. The summed E-state index contributed by atoms with van der Waals surface area (Å²) in [5.41, 5.74) is 14.4. The first-order valence-electron chi connectivity index (χ1n) is 21.0. The van der Waals surface area contributed by atoms with Crippen molar-refractivity contribution in [1.29, 1.82) is 10.7 Å². The molecular weight excluding hydrogens is 1150 g/mol. The van der Waals surface area contributed by atoms with Crippen LogP contribution in [0, 0.1) is 65.6 Å². The van der Waals surface area contributed by atoms with Crippen LogP contribution in [0.1, 0.15) is 134 Å². The van der Waals surface area contributed by atoms with E-state index in [0.717, 1.165) is 62.5 Å². The van der Waals surface area contributed by atoms with Crippen molar-refractivity contribution in [3.63, 3.8) is 0 Å². The van der Waals surface area contributed by atoms with Gasteiger partial charge in [-0.2, -0.15) is 5.26 Å². The molecule has 0 bridgehead atoms. The van der Waals surface area contributed by atoms with E-state index in [2.05, 4.69) is 80.7 Å². The fraction of sp³-hybridized carbons (Fsp3) is 0.423. The van der Waals surface area contributed by atoms with Crippen LogP contribution < -0.4 is 40.8 Å². The van der Waals surface area contributed by atoms with E-state index in [1.54, 1.807) is 6.07 Å². The van der Waals surface area contributed by atoms with Crippen LogP contribution >= 0.6 is 0 Å². The fourth-order valence-electron chi connectivity index (χ4n) is 4.47. The van der Waals surface area contributed by atoms with Crippen LogP contribution in [0.15, 0.2) is 82.8 Å². The number of nitrogen functional groups attached to an aromatic ring is 1. The molecule has 0 spiro atoms. The minimum atomic E-state index is -0.471. The van der Waals surface area contributed by atoms with Gasteiger partial charge in [-0.15, -0.1) is 48.9 Å². The summed E-state index contributed by atoms with van der Waals surface area (Å²) in [6, 6.07) is 25.8. The molecule has 0 saturated heterocycles. The molecule has 2 aliphatic rings. The van der Waals surface area contributed by atoms with Gasteiger partial charge in [0.2, 0.25) is 0 Å². The van der Waals surface area contributed by atoms with Crippen LogP contribution in [0.4, 0.5) is 17.1 Å². The second-order valence-electron chi connectivity index (χ2n) is 10.9. The summed E-state index contributed by atoms with van der Waals surface area (Å²) in [5, 5.41) is 21.8. The summed E-state index contributed by atoms with van der Waals surface area (Å²) in [7, 11) is 13.3. The van der Waals surface area contributed by atoms with E-state index < -0.39 is 6.49 Å². The number of fused-ring (bicyclic) bond motifs is 2. The number of nitrogens with two attached hydrogens (primary N) is 1. The first kappa shape index (κ1) is 81.7. The summed E-state index contributed by atoms with van der Waals surface area (Å²) >= 11 is 0. The first-order valence-corrected chi connectivity index (χ1v) is 21.0. The van der Waals surface area contributed by atoms with Crippen LogP contribution in [0.5, 0.6) is 0 Å². The first-order chi connectivity index (χ1) is 29.7. The van der Waals surface area contributed by atoms with Gasteiger partial charge < -0.3 is 17.0 Å². The molecule has 3 aromatic carbocycles. The Labute approximate surface area is 454 Å². The minimum absolute atomic E-state index is 0.